The monoisotopic (exact) mass is 518 g/mol. The van der Waals surface area contributed by atoms with Crippen LogP contribution in [0.2, 0.25) is 5.02 Å². The fourth-order valence-electron chi connectivity index (χ4n) is 4.27. The summed E-state index contributed by atoms with van der Waals surface area (Å²) in [6, 6.07) is 5.74. The first kappa shape index (κ1) is 29.1. The van der Waals surface area contributed by atoms with Gasteiger partial charge in [-0.25, -0.2) is 0 Å². The maximum atomic E-state index is 13.1. The number of nitrogens with one attached hydrogen (secondary N) is 2. The molecular weight excluding hydrogens is 484 g/mol. The van der Waals surface area contributed by atoms with Crippen molar-refractivity contribution in [3.63, 3.8) is 0 Å². The van der Waals surface area contributed by atoms with Crippen molar-refractivity contribution in [2.24, 2.45) is 5.92 Å². The molecule has 6 nitrogen and oxygen atoms in total. The lowest BCUT2D eigenvalue weighted by atomic mass is 9.82. The Morgan fingerprint density at radius 2 is 1.83 bits per heavy atom. The quantitative estimate of drug-likeness (QED) is 0.236. The van der Waals surface area contributed by atoms with E-state index in [0.717, 1.165) is 30.6 Å². The summed E-state index contributed by atoms with van der Waals surface area (Å²) in [5.74, 6) is 4.85. The summed E-state index contributed by atoms with van der Waals surface area (Å²) >= 11 is 7.48. The second kappa shape index (κ2) is 15.8. The van der Waals surface area contributed by atoms with Crippen molar-refractivity contribution in [3.05, 3.63) is 29.3 Å². The lowest BCUT2D eigenvalue weighted by molar-refractivity contribution is -0.130. The third-order valence-corrected chi connectivity index (χ3v) is 7.37. The van der Waals surface area contributed by atoms with Crippen molar-refractivity contribution in [1.29, 1.82) is 0 Å². The van der Waals surface area contributed by atoms with Gasteiger partial charge in [-0.1, -0.05) is 49.8 Å². The third kappa shape index (κ3) is 10.5. The molecule has 1 saturated carbocycles. The van der Waals surface area contributed by atoms with Gasteiger partial charge in [-0.2, -0.15) is 0 Å². The Bertz CT molecular complexity index is 907. The molecule has 0 aliphatic heterocycles. The van der Waals surface area contributed by atoms with Crippen molar-refractivity contribution >= 4 is 35.2 Å². The van der Waals surface area contributed by atoms with Crippen LogP contribution in [0.3, 0.4) is 0 Å². The molecule has 2 rings (SSSR count). The van der Waals surface area contributed by atoms with Crippen molar-refractivity contribution in [2.45, 2.75) is 87.0 Å². The number of rotatable bonds is 13. The maximum absolute atomic E-state index is 13.1. The maximum Gasteiger partial charge on any atom is 0.243 e. The predicted molar refractivity (Wildman–Crippen MR) is 141 cm³/mol. The SMILES string of the molecule is C#CC[C@H](NC(=O)CCSc1cccc(Cl)c1)C(=O)N[C@@H](CC1CCCCC1)[C@@H](O)[C@@H](O)CC#C. The smallest absolute Gasteiger partial charge is 0.243 e. The molecule has 35 heavy (non-hydrogen) atoms. The normalized spacial score (nSPS) is 17.3. The lowest BCUT2D eigenvalue weighted by Gasteiger charge is -2.32. The Morgan fingerprint density at radius 1 is 1.11 bits per heavy atom. The highest BCUT2D eigenvalue weighted by molar-refractivity contribution is 7.99. The van der Waals surface area contributed by atoms with Gasteiger partial charge >= 0.3 is 0 Å². The Balaban J connectivity index is 1.96. The number of aliphatic hydroxyl groups is 2. The fourth-order valence-corrected chi connectivity index (χ4v) is 5.43. The summed E-state index contributed by atoms with van der Waals surface area (Å²) in [5, 5.41) is 27.2. The standard InChI is InChI=1S/C27H35ClN2O4S/c1-3-9-22(29-25(32)15-16-35-21-14-8-13-20(28)18-21)27(34)30-23(26(33)24(31)10-4-2)17-19-11-6-5-7-12-19/h1-2,8,13-14,18-19,22-24,26,31,33H,5-7,9-12,15-17H2,(H,29,32)(H,30,34)/t22-,23-,24-,26+/m0/s1. The number of benzene rings is 1. The van der Waals surface area contributed by atoms with Gasteiger partial charge in [0, 0.05) is 34.9 Å². The van der Waals surface area contributed by atoms with Crippen LogP contribution in [0.5, 0.6) is 0 Å². The van der Waals surface area contributed by atoms with Crippen LogP contribution in [0, 0.1) is 30.6 Å². The number of carbonyl (C=O) groups is 2. The van der Waals surface area contributed by atoms with E-state index < -0.39 is 30.2 Å². The van der Waals surface area contributed by atoms with Gasteiger partial charge in [-0.05, 0) is 30.5 Å². The zero-order valence-electron chi connectivity index (χ0n) is 19.9. The molecule has 4 atom stereocenters. The number of hydrogen-bond acceptors (Lipinski definition) is 5. The van der Waals surface area contributed by atoms with E-state index in [4.69, 9.17) is 24.4 Å². The van der Waals surface area contributed by atoms with Gasteiger partial charge in [-0.3, -0.25) is 9.59 Å². The molecule has 1 aromatic carbocycles. The molecule has 0 radical (unpaired) electrons. The molecule has 1 fully saturated rings. The largest absolute Gasteiger partial charge is 0.389 e. The number of thioether (sulfide) groups is 1. The average Bonchev–Trinajstić information content (AvgIpc) is 2.83. The number of terminal acetylenes is 2. The zero-order chi connectivity index (χ0) is 25.6. The number of aliphatic hydroxyl groups excluding tert-OH is 2. The number of carbonyl (C=O) groups excluding carboxylic acids is 2. The molecule has 0 spiro atoms. The van der Waals surface area contributed by atoms with E-state index in [9.17, 15) is 19.8 Å². The van der Waals surface area contributed by atoms with E-state index >= 15 is 0 Å². The highest BCUT2D eigenvalue weighted by atomic mass is 35.5. The van der Waals surface area contributed by atoms with Crippen LogP contribution in [-0.2, 0) is 9.59 Å². The minimum absolute atomic E-state index is 0.0121. The molecule has 190 valence electrons. The van der Waals surface area contributed by atoms with E-state index in [1.165, 1.54) is 18.2 Å². The van der Waals surface area contributed by atoms with Crippen LogP contribution >= 0.6 is 23.4 Å². The summed E-state index contributed by atoms with van der Waals surface area (Å²) in [5.41, 5.74) is 0. The van der Waals surface area contributed by atoms with Crippen LogP contribution in [0.4, 0.5) is 0 Å². The molecule has 0 saturated heterocycles. The van der Waals surface area contributed by atoms with Crippen molar-refractivity contribution in [2.75, 3.05) is 5.75 Å². The minimum atomic E-state index is -1.21. The van der Waals surface area contributed by atoms with E-state index in [1.807, 2.05) is 18.2 Å². The summed E-state index contributed by atoms with van der Waals surface area (Å²) in [6.07, 6.45) is 14.5. The molecule has 4 N–H and O–H groups in total. The zero-order valence-corrected chi connectivity index (χ0v) is 21.5. The van der Waals surface area contributed by atoms with Crippen LogP contribution in [0.15, 0.2) is 29.2 Å². The Kier molecular flexibility index (Phi) is 13.1. The van der Waals surface area contributed by atoms with Crippen molar-refractivity contribution in [1.82, 2.24) is 10.6 Å². The first-order chi connectivity index (χ1) is 16.8. The molecule has 8 heteroatoms. The van der Waals surface area contributed by atoms with E-state index in [2.05, 4.69) is 22.5 Å². The van der Waals surface area contributed by atoms with E-state index in [-0.39, 0.29) is 25.2 Å². The van der Waals surface area contributed by atoms with Crippen LogP contribution in [0.25, 0.3) is 0 Å². The summed E-state index contributed by atoms with van der Waals surface area (Å²) in [7, 11) is 0. The first-order valence-electron chi connectivity index (χ1n) is 12.0. The molecule has 1 aliphatic rings. The second-order valence-corrected chi connectivity index (χ2v) is 10.5. The molecule has 0 aromatic heterocycles. The molecule has 2 amide bonds. The molecule has 0 bridgehead atoms. The van der Waals surface area contributed by atoms with Crippen LogP contribution in [0.1, 0.15) is 57.8 Å². The molecule has 1 aromatic rings. The van der Waals surface area contributed by atoms with E-state index in [1.54, 1.807) is 6.07 Å². The number of hydrogen-bond donors (Lipinski definition) is 4. The average molecular weight is 519 g/mol. The van der Waals surface area contributed by atoms with Crippen LogP contribution in [-0.4, -0.2) is 52.1 Å². The lowest BCUT2D eigenvalue weighted by Crippen LogP contribution is -2.55. The van der Waals surface area contributed by atoms with Crippen molar-refractivity contribution in [3.8, 4) is 24.7 Å². The van der Waals surface area contributed by atoms with Gasteiger partial charge in [0.2, 0.25) is 11.8 Å². The number of amides is 2. The number of halogens is 1. The minimum Gasteiger partial charge on any atom is -0.389 e. The van der Waals surface area contributed by atoms with Gasteiger partial charge in [0.1, 0.15) is 12.1 Å². The second-order valence-electron chi connectivity index (χ2n) is 8.91. The van der Waals surface area contributed by atoms with E-state index in [0.29, 0.717) is 23.1 Å². The predicted octanol–water partition coefficient (Wildman–Crippen LogP) is 3.53. The fraction of sp³-hybridized carbons (Fsp3) is 0.556. The molecule has 0 heterocycles. The highest BCUT2D eigenvalue weighted by Crippen LogP contribution is 2.28. The van der Waals surface area contributed by atoms with Gasteiger partial charge in [-0.15, -0.1) is 36.4 Å². The summed E-state index contributed by atoms with van der Waals surface area (Å²) in [4.78, 5) is 26.5. The third-order valence-electron chi connectivity index (χ3n) is 6.14. The Labute approximate surface area is 218 Å². The van der Waals surface area contributed by atoms with Gasteiger partial charge in [0.25, 0.3) is 0 Å². The van der Waals surface area contributed by atoms with Crippen molar-refractivity contribution < 1.29 is 19.8 Å². The first-order valence-corrected chi connectivity index (χ1v) is 13.4. The molecular formula is C27H35ClN2O4S. The van der Waals surface area contributed by atoms with Gasteiger partial charge in [0.05, 0.1) is 12.1 Å². The topological polar surface area (TPSA) is 98.7 Å². The van der Waals surface area contributed by atoms with Gasteiger partial charge < -0.3 is 20.8 Å². The highest BCUT2D eigenvalue weighted by Gasteiger charge is 2.32. The Morgan fingerprint density at radius 3 is 2.49 bits per heavy atom. The summed E-state index contributed by atoms with van der Waals surface area (Å²) in [6.45, 7) is 0. The Hall–Kier alpha value is -2.16. The molecule has 1 aliphatic carbocycles. The molecule has 0 unspecified atom stereocenters. The van der Waals surface area contributed by atoms with Gasteiger partial charge in [0.15, 0.2) is 0 Å². The van der Waals surface area contributed by atoms with Crippen LogP contribution < -0.4 is 10.6 Å². The summed E-state index contributed by atoms with van der Waals surface area (Å²) < 4.78 is 0.